The van der Waals surface area contributed by atoms with Crippen molar-refractivity contribution in [1.82, 2.24) is 5.32 Å². The quantitative estimate of drug-likeness (QED) is 0.809. The van der Waals surface area contributed by atoms with Crippen LogP contribution in [-0.2, 0) is 4.79 Å². The summed E-state index contributed by atoms with van der Waals surface area (Å²) in [6.07, 6.45) is 3.47. The Hall–Kier alpha value is -0.740. The second-order valence-corrected chi connectivity index (χ2v) is 7.59. The van der Waals surface area contributed by atoms with Crippen molar-refractivity contribution in [3.63, 3.8) is 0 Å². The van der Waals surface area contributed by atoms with Gasteiger partial charge in [-0.25, -0.2) is 0 Å². The first-order chi connectivity index (χ1) is 10.4. The molecule has 0 aliphatic heterocycles. The largest absolute Gasteiger partial charge is 0.482 e. The molecule has 0 radical (unpaired) electrons. The Labute approximate surface area is 145 Å². The van der Waals surface area contributed by atoms with Gasteiger partial charge in [0.25, 0.3) is 5.91 Å². The van der Waals surface area contributed by atoms with E-state index in [1.165, 1.54) is 12.8 Å². The van der Waals surface area contributed by atoms with E-state index in [0.717, 1.165) is 16.5 Å². The van der Waals surface area contributed by atoms with Crippen LogP contribution in [0.25, 0.3) is 0 Å². The molecule has 0 saturated heterocycles. The fourth-order valence-corrected chi connectivity index (χ4v) is 4.07. The Kier molecular flexibility index (Phi) is 6.16. The lowest BCUT2D eigenvalue weighted by Crippen LogP contribution is -2.45. The van der Waals surface area contributed by atoms with Gasteiger partial charge in [0, 0.05) is 10.5 Å². The fourth-order valence-electron chi connectivity index (χ4n) is 3.04. The van der Waals surface area contributed by atoms with Crippen molar-refractivity contribution < 1.29 is 9.53 Å². The summed E-state index contributed by atoms with van der Waals surface area (Å²) in [5.74, 6) is 1.66. The molecule has 0 aromatic heterocycles. The van der Waals surface area contributed by atoms with E-state index in [9.17, 15) is 4.79 Å². The van der Waals surface area contributed by atoms with Gasteiger partial charge in [-0.1, -0.05) is 54.2 Å². The highest BCUT2D eigenvalue weighted by Crippen LogP contribution is 2.32. The molecule has 3 nitrogen and oxygen atoms in total. The van der Waals surface area contributed by atoms with E-state index in [1.54, 1.807) is 6.07 Å². The molecule has 1 aromatic rings. The molecule has 1 saturated carbocycles. The molecule has 1 aliphatic carbocycles. The number of ether oxygens (including phenoxy) is 1. The Morgan fingerprint density at radius 3 is 2.82 bits per heavy atom. The minimum atomic E-state index is -0.0793. The fraction of sp³-hybridized carbons (Fsp3) is 0.588. The van der Waals surface area contributed by atoms with Crippen LogP contribution in [-0.4, -0.2) is 18.6 Å². The van der Waals surface area contributed by atoms with Gasteiger partial charge in [0.15, 0.2) is 6.61 Å². The van der Waals surface area contributed by atoms with Crippen LogP contribution in [0.1, 0.15) is 38.7 Å². The van der Waals surface area contributed by atoms with E-state index in [2.05, 4.69) is 35.1 Å². The van der Waals surface area contributed by atoms with Crippen LogP contribution in [0.5, 0.6) is 5.75 Å². The van der Waals surface area contributed by atoms with Gasteiger partial charge in [0.05, 0.1) is 5.02 Å². The van der Waals surface area contributed by atoms with E-state index in [-0.39, 0.29) is 18.6 Å². The monoisotopic (exact) mass is 387 g/mol. The SMILES string of the molecule is Cc1cc(Br)cc(Cl)c1OCC(=O)N[C@H]1CCC[C@H](C)[C@@H]1C. The Morgan fingerprint density at radius 2 is 2.14 bits per heavy atom. The third-order valence-electron chi connectivity index (χ3n) is 4.59. The average Bonchev–Trinajstić information content (AvgIpc) is 2.42. The topological polar surface area (TPSA) is 38.3 Å². The molecule has 1 fully saturated rings. The summed E-state index contributed by atoms with van der Waals surface area (Å²) < 4.78 is 6.52. The minimum Gasteiger partial charge on any atom is -0.482 e. The highest BCUT2D eigenvalue weighted by molar-refractivity contribution is 9.10. The number of carbonyl (C=O) groups excluding carboxylic acids is 1. The summed E-state index contributed by atoms with van der Waals surface area (Å²) in [5, 5.41) is 3.62. The van der Waals surface area contributed by atoms with E-state index >= 15 is 0 Å². The Balaban J connectivity index is 1.91. The Bertz CT molecular complexity index is 526. The maximum absolute atomic E-state index is 12.1. The number of amides is 1. The standard InChI is InChI=1S/C17H23BrClNO2/c1-10-5-4-6-15(12(10)3)20-16(21)9-22-17-11(2)7-13(18)8-14(17)19/h7-8,10,12,15H,4-6,9H2,1-3H3,(H,20,21)/t10-,12-,15-/m0/s1. The molecule has 0 heterocycles. The van der Waals surface area contributed by atoms with Crippen molar-refractivity contribution in [1.29, 1.82) is 0 Å². The minimum absolute atomic E-state index is 0.000205. The molecule has 5 heteroatoms. The maximum Gasteiger partial charge on any atom is 0.258 e. The summed E-state index contributed by atoms with van der Waals surface area (Å²) in [4.78, 5) is 12.1. The number of hydrogen-bond acceptors (Lipinski definition) is 2. The summed E-state index contributed by atoms with van der Waals surface area (Å²) in [7, 11) is 0. The van der Waals surface area contributed by atoms with Crippen LogP contribution in [0.4, 0.5) is 0 Å². The summed E-state index contributed by atoms with van der Waals surface area (Å²) >= 11 is 9.55. The lowest BCUT2D eigenvalue weighted by atomic mass is 9.78. The molecular formula is C17H23BrClNO2. The van der Waals surface area contributed by atoms with Crippen LogP contribution >= 0.6 is 27.5 Å². The highest BCUT2D eigenvalue weighted by atomic mass is 79.9. The van der Waals surface area contributed by atoms with Crippen molar-refractivity contribution >= 4 is 33.4 Å². The summed E-state index contributed by atoms with van der Waals surface area (Å²) in [6, 6.07) is 3.94. The van der Waals surface area contributed by atoms with Gasteiger partial charge < -0.3 is 10.1 Å². The summed E-state index contributed by atoms with van der Waals surface area (Å²) in [5.41, 5.74) is 0.909. The number of nitrogens with one attached hydrogen (secondary N) is 1. The van der Waals surface area contributed by atoms with Gasteiger partial charge in [-0.2, -0.15) is 0 Å². The van der Waals surface area contributed by atoms with Gasteiger partial charge in [0.1, 0.15) is 5.75 Å². The second kappa shape index (κ2) is 7.69. The van der Waals surface area contributed by atoms with Gasteiger partial charge >= 0.3 is 0 Å². The molecule has 0 spiro atoms. The first kappa shape index (κ1) is 17.6. The van der Waals surface area contributed by atoms with Gasteiger partial charge in [0.2, 0.25) is 0 Å². The van der Waals surface area contributed by atoms with Gasteiger partial charge in [-0.15, -0.1) is 0 Å². The van der Waals surface area contributed by atoms with E-state index in [0.29, 0.717) is 22.6 Å². The number of halogens is 2. The average molecular weight is 389 g/mol. The first-order valence-electron chi connectivity index (χ1n) is 7.76. The molecule has 2 rings (SSSR count). The van der Waals surface area contributed by atoms with Crippen molar-refractivity contribution in [2.45, 2.75) is 46.1 Å². The van der Waals surface area contributed by atoms with Gasteiger partial charge in [-0.05, 0) is 42.9 Å². The lowest BCUT2D eigenvalue weighted by molar-refractivity contribution is -0.124. The molecule has 3 atom stereocenters. The first-order valence-corrected chi connectivity index (χ1v) is 8.93. The van der Waals surface area contributed by atoms with Crippen molar-refractivity contribution in [2.75, 3.05) is 6.61 Å². The maximum atomic E-state index is 12.1. The number of benzene rings is 1. The molecule has 122 valence electrons. The number of rotatable bonds is 4. The predicted octanol–water partition coefficient (Wildman–Crippen LogP) is 4.73. The van der Waals surface area contributed by atoms with E-state index in [4.69, 9.17) is 16.3 Å². The Morgan fingerprint density at radius 1 is 1.41 bits per heavy atom. The molecule has 0 unspecified atom stereocenters. The van der Waals surface area contributed by atoms with Crippen molar-refractivity contribution in [2.24, 2.45) is 11.8 Å². The lowest BCUT2D eigenvalue weighted by Gasteiger charge is -2.34. The van der Waals surface area contributed by atoms with Crippen LogP contribution < -0.4 is 10.1 Å². The molecule has 22 heavy (non-hydrogen) atoms. The predicted molar refractivity (Wildman–Crippen MR) is 93.5 cm³/mol. The third-order valence-corrected chi connectivity index (χ3v) is 5.33. The van der Waals surface area contributed by atoms with Crippen LogP contribution in [0.3, 0.4) is 0 Å². The smallest absolute Gasteiger partial charge is 0.258 e. The number of carbonyl (C=O) groups is 1. The van der Waals surface area contributed by atoms with E-state index < -0.39 is 0 Å². The number of hydrogen-bond donors (Lipinski definition) is 1. The molecule has 0 bridgehead atoms. The van der Waals surface area contributed by atoms with Crippen LogP contribution in [0.2, 0.25) is 5.02 Å². The zero-order valence-corrected chi connectivity index (χ0v) is 15.6. The van der Waals surface area contributed by atoms with Crippen LogP contribution in [0, 0.1) is 18.8 Å². The molecule has 1 amide bonds. The molecule has 1 aromatic carbocycles. The number of aryl methyl sites for hydroxylation is 1. The molecular weight excluding hydrogens is 366 g/mol. The summed E-state index contributed by atoms with van der Waals surface area (Å²) in [6.45, 7) is 6.38. The van der Waals surface area contributed by atoms with E-state index in [1.807, 2.05) is 13.0 Å². The third kappa shape index (κ3) is 4.39. The zero-order chi connectivity index (χ0) is 16.3. The highest BCUT2D eigenvalue weighted by Gasteiger charge is 2.28. The normalized spacial score (nSPS) is 24.9. The van der Waals surface area contributed by atoms with Gasteiger partial charge in [-0.3, -0.25) is 4.79 Å². The van der Waals surface area contributed by atoms with Crippen molar-refractivity contribution in [3.05, 3.63) is 27.2 Å². The van der Waals surface area contributed by atoms with Crippen LogP contribution in [0.15, 0.2) is 16.6 Å². The molecule has 1 aliphatic rings. The zero-order valence-electron chi connectivity index (χ0n) is 13.3. The van der Waals surface area contributed by atoms with Crippen molar-refractivity contribution in [3.8, 4) is 5.75 Å². The molecule has 1 N–H and O–H groups in total. The second-order valence-electron chi connectivity index (χ2n) is 6.26.